The minimum absolute atomic E-state index is 0.0603. The van der Waals surface area contributed by atoms with E-state index >= 15 is 0 Å². The van der Waals surface area contributed by atoms with Gasteiger partial charge in [0.1, 0.15) is 6.04 Å². The summed E-state index contributed by atoms with van der Waals surface area (Å²) in [7, 11) is 0. The topological polar surface area (TPSA) is 93.7 Å². The molecule has 3 atom stereocenters. The number of nitrogens with one attached hydrogen (secondary N) is 2. The number of ether oxygens (including phenoxy) is 2. The van der Waals surface area contributed by atoms with E-state index in [1.807, 2.05) is 55.4 Å². The zero-order valence-corrected chi connectivity index (χ0v) is 19.0. The van der Waals surface area contributed by atoms with Crippen LogP contribution in [-0.4, -0.2) is 41.3 Å². The third-order valence-electron chi connectivity index (χ3n) is 4.10. The fraction of sp³-hybridized carbons (Fsp3) is 0.857. The normalized spacial score (nSPS) is 23.5. The Morgan fingerprint density at radius 2 is 1.68 bits per heavy atom. The van der Waals surface area contributed by atoms with Gasteiger partial charge in [0.15, 0.2) is 6.10 Å². The highest BCUT2D eigenvalue weighted by atomic mass is 16.8. The van der Waals surface area contributed by atoms with E-state index in [4.69, 9.17) is 10.8 Å². The standard InChI is InChI=1S/C21H38N2O5/c1-12(2)11-13(14-18(26)28-21(9,10)27-14)16(24)22-15(19(3,4)5)17(25)23-20(6,7)8/h12-15H,11H2,1-10H3,(H,22,24)(H,23,25)/t13-,14+,15-/m1/s1/i13D. The van der Waals surface area contributed by atoms with E-state index < -0.39 is 46.7 Å². The van der Waals surface area contributed by atoms with E-state index in [1.165, 1.54) is 0 Å². The van der Waals surface area contributed by atoms with Gasteiger partial charge in [-0.2, -0.15) is 0 Å². The van der Waals surface area contributed by atoms with Gasteiger partial charge in [-0.1, -0.05) is 34.6 Å². The Morgan fingerprint density at radius 3 is 2.04 bits per heavy atom. The maximum Gasteiger partial charge on any atom is 0.338 e. The predicted octanol–water partition coefficient (Wildman–Crippen LogP) is 2.77. The Hall–Kier alpha value is -1.63. The van der Waals surface area contributed by atoms with Gasteiger partial charge in [-0.15, -0.1) is 0 Å². The fourth-order valence-electron chi connectivity index (χ4n) is 2.96. The number of rotatable bonds is 6. The minimum atomic E-state index is -1.93. The summed E-state index contributed by atoms with van der Waals surface area (Å²) in [5.41, 5.74) is -1.09. The van der Waals surface area contributed by atoms with Crippen LogP contribution in [0.1, 0.15) is 77.0 Å². The lowest BCUT2D eigenvalue weighted by Gasteiger charge is -2.34. The molecule has 0 spiro atoms. The number of hydrogen-bond acceptors (Lipinski definition) is 5. The zero-order valence-electron chi connectivity index (χ0n) is 20.0. The number of carbonyl (C=O) groups excluding carboxylic acids is 3. The van der Waals surface area contributed by atoms with Crippen molar-refractivity contribution in [2.24, 2.45) is 17.2 Å². The summed E-state index contributed by atoms with van der Waals surface area (Å²) in [6.45, 7) is 17.9. The van der Waals surface area contributed by atoms with E-state index in [0.717, 1.165) is 0 Å². The van der Waals surface area contributed by atoms with Crippen molar-refractivity contribution in [1.29, 1.82) is 0 Å². The van der Waals surface area contributed by atoms with Crippen molar-refractivity contribution < 1.29 is 25.2 Å². The Bertz CT molecular complexity index is 648. The molecule has 28 heavy (non-hydrogen) atoms. The lowest BCUT2D eigenvalue weighted by atomic mass is 9.84. The first-order valence-corrected chi connectivity index (χ1v) is 9.82. The van der Waals surface area contributed by atoms with Crippen LogP contribution in [-0.2, 0) is 23.9 Å². The van der Waals surface area contributed by atoms with Gasteiger partial charge in [-0.05, 0) is 38.5 Å². The average Bonchev–Trinajstić information content (AvgIpc) is 2.73. The molecule has 0 radical (unpaired) electrons. The summed E-state index contributed by atoms with van der Waals surface area (Å²) in [5.74, 6) is -5.01. The SMILES string of the molecule is [2H][C@](CC(C)C)(C(=O)N[C@H](C(=O)NC(C)(C)C)C(C)(C)C)[C@@H]1OC(C)(C)OC1=O. The van der Waals surface area contributed by atoms with E-state index in [1.54, 1.807) is 13.8 Å². The van der Waals surface area contributed by atoms with Crippen molar-refractivity contribution in [2.75, 3.05) is 0 Å². The molecule has 0 aromatic rings. The van der Waals surface area contributed by atoms with Crippen LogP contribution >= 0.6 is 0 Å². The van der Waals surface area contributed by atoms with Crippen LogP contribution in [0, 0.1) is 17.2 Å². The molecule has 2 N–H and O–H groups in total. The molecule has 7 nitrogen and oxygen atoms in total. The third kappa shape index (κ3) is 7.08. The Labute approximate surface area is 170 Å². The smallest absolute Gasteiger partial charge is 0.338 e. The molecule has 1 aliphatic heterocycles. The van der Waals surface area contributed by atoms with Crippen LogP contribution in [0.2, 0.25) is 0 Å². The second kappa shape index (κ2) is 8.39. The molecule has 1 rings (SSSR count). The molecule has 1 aliphatic rings. The summed E-state index contributed by atoms with van der Waals surface area (Å²) in [4.78, 5) is 38.6. The molecule has 0 unspecified atom stereocenters. The largest absolute Gasteiger partial charge is 0.432 e. The van der Waals surface area contributed by atoms with Crippen LogP contribution in [0.25, 0.3) is 0 Å². The zero-order chi connectivity index (χ0) is 23.0. The Morgan fingerprint density at radius 1 is 1.14 bits per heavy atom. The van der Waals surface area contributed by atoms with Crippen molar-refractivity contribution in [1.82, 2.24) is 10.6 Å². The molecule has 0 aromatic carbocycles. The molecular formula is C21H38N2O5. The monoisotopic (exact) mass is 399 g/mol. The molecule has 1 fully saturated rings. The Kier molecular flexibility index (Phi) is 6.79. The van der Waals surface area contributed by atoms with Crippen LogP contribution in [0.4, 0.5) is 0 Å². The van der Waals surface area contributed by atoms with Crippen molar-refractivity contribution in [3.8, 4) is 0 Å². The molecule has 0 bridgehead atoms. The fourth-order valence-corrected chi connectivity index (χ4v) is 2.96. The second-order valence-electron chi connectivity index (χ2n) is 10.5. The summed E-state index contributed by atoms with van der Waals surface area (Å²) in [6, 6.07) is -0.892. The van der Waals surface area contributed by atoms with E-state index in [9.17, 15) is 14.4 Å². The van der Waals surface area contributed by atoms with Crippen LogP contribution in [0.15, 0.2) is 0 Å². The summed E-state index contributed by atoms with van der Waals surface area (Å²) < 4.78 is 19.7. The quantitative estimate of drug-likeness (QED) is 0.670. The Balaban J connectivity index is 3.24. The van der Waals surface area contributed by atoms with Gasteiger partial charge in [0.2, 0.25) is 17.6 Å². The highest BCUT2D eigenvalue weighted by molar-refractivity contribution is 5.92. The molecule has 2 amide bonds. The molecule has 1 heterocycles. The summed E-state index contributed by atoms with van der Waals surface area (Å²) >= 11 is 0. The molecule has 0 aliphatic carbocycles. The average molecular weight is 400 g/mol. The molecular weight excluding hydrogens is 360 g/mol. The predicted molar refractivity (Wildman–Crippen MR) is 107 cm³/mol. The molecule has 0 saturated carbocycles. The maximum atomic E-state index is 13.3. The summed E-state index contributed by atoms with van der Waals surface area (Å²) in [6.07, 6.45) is -1.29. The number of esters is 1. The van der Waals surface area contributed by atoms with Crippen molar-refractivity contribution >= 4 is 17.8 Å². The molecule has 7 heteroatoms. The van der Waals surface area contributed by atoms with E-state index in [0.29, 0.717) is 0 Å². The van der Waals surface area contributed by atoms with Crippen molar-refractivity contribution in [2.45, 2.75) is 99.1 Å². The lowest BCUT2D eigenvalue weighted by molar-refractivity contribution is -0.162. The van der Waals surface area contributed by atoms with Crippen molar-refractivity contribution in [3.05, 3.63) is 0 Å². The van der Waals surface area contributed by atoms with Gasteiger partial charge in [0.05, 0.1) is 5.89 Å². The van der Waals surface area contributed by atoms with Gasteiger partial charge in [-0.3, -0.25) is 9.59 Å². The number of cyclic esters (lactones) is 1. The molecule has 0 aromatic heterocycles. The number of amides is 2. The third-order valence-corrected chi connectivity index (χ3v) is 4.10. The maximum absolute atomic E-state index is 13.3. The van der Waals surface area contributed by atoms with Crippen LogP contribution < -0.4 is 10.6 Å². The minimum Gasteiger partial charge on any atom is -0.432 e. The number of carbonyl (C=O) groups is 3. The van der Waals surface area contributed by atoms with Gasteiger partial charge in [0.25, 0.3) is 0 Å². The summed E-state index contributed by atoms with van der Waals surface area (Å²) in [5, 5.41) is 5.60. The van der Waals surface area contributed by atoms with Gasteiger partial charge in [0, 0.05) is 20.8 Å². The van der Waals surface area contributed by atoms with Gasteiger partial charge >= 0.3 is 5.97 Å². The van der Waals surface area contributed by atoms with Gasteiger partial charge in [-0.25, -0.2) is 4.79 Å². The van der Waals surface area contributed by atoms with E-state index in [2.05, 4.69) is 10.6 Å². The van der Waals surface area contributed by atoms with Crippen LogP contribution in [0.5, 0.6) is 0 Å². The van der Waals surface area contributed by atoms with Crippen LogP contribution in [0.3, 0.4) is 0 Å². The molecule has 1 saturated heterocycles. The van der Waals surface area contributed by atoms with E-state index in [-0.39, 0.29) is 18.2 Å². The first kappa shape index (κ1) is 22.7. The number of hydrogen-bond donors (Lipinski definition) is 2. The lowest BCUT2D eigenvalue weighted by Crippen LogP contribution is -2.58. The van der Waals surface area contributed by atoms with Gasteiger partial charge < -0.3 is 20.1 Å². The highest BCUT2D eigenvalue weighted by Gasteiger charge is 2.48. The highest BCUT2D eigenvalue weighted by Crippen LogP contribution is 2.32. The van der Waals surface area contributed by atoms with Crippen molar-refractivity contribution in [3.63, 3.8) is 0 Å². The first-order chi connectivity index (χ1) is 12.8. The first-order valence-electron chi connectivity index (χ1n) is 10.3. The second-order valence-corrected chi connectivity index (χ2v) is 10.5. The molecule has 162 valence electrons.